The van der Waals surface area contributed by atoms with Crippen molar-refractivity contribution in [3.05, 3.63) is 30.3 Å². The molecule has 0 aromatic heterocycles. The molecule has 1 aromatic carbocycles. The van der Waals surface area contributed by atoms with Crippen LogP contribution in [0.1, 0.15) is 13.8 Å². The van der Waals surface area contributed by atoms with Gasteiger partial charge in [0, 0.05) is 13.1 Å². The van der Waals surface area contributed by atoms with Gasteiger partial charge in [-0.15, -0.1) is 11.6 Å². The number of alkyl halides is 1. The minimum Gasteiger partial charge on any atom is -0.323 e. The Bertz CT molecular complexity index is 604. The topological polar surface area (TPSA) is 57.7 Å². The van der Waals surface area contributed by atoms with Crippen LogP contribution in [0.4, 0.5) is 0 Å². The van der Waals surface area contributed by atoms with E-state index in [9.17, 15) is 13.2 Å². The molecule has 0 unspecified atom stereocenters. The maximum atomic E-state index is 12.8. The summed E-state index contributed by atoms with van der Waals surface area (Å²) in [6.45, 7) is 4.47. The summed E-state index contributed by atoms with van der Waals surface area (Å²) in [6.07, 6.45) is -0.485. The Morgan fingerprint density at radius 1 is 1.29 bits per heavy atom. The lowest BCUT2D eigenvalue weighted by molar-refractivity contribution is -0.131. The second kappa shape index (κ2) is 6.34. The van der Waals surface area contributed by atoms with E-state index in [0.29, 0.717) is 13.1 Å². The second-order valence-electron chi connectivity index (χ2n) is 5.31. The standard InChI is InChI=1S/C14H19ClN2O3S/c1-11(2)14-16(13(18)10-15)8-9-17(14)21(19,20)12-6-4-3-5-7-12/h3-7,11,14H,8-10H2,1-2H3/t14-/m0/s1. The van der Waals surface area contributed by atoms with Crippen LogP contribution < -0.4 is 0 Å². The first kappa shape index (κ1) is 16.3. The van der Waals surface area contributed by atoms with Crippen LogP contribution in [0.2, 0.25) is 0 Å². The molecule has 1 aliphatic heterocycles. The Morgan fingerprint density at radius 3 is 2.43 bits per heavy atom. The zero-order chi connectivity index (χ0) is 15.6. The summed E-state index contributed by atoms with van der Waals surface area (Å²) < 4.78 is 26.9. The monoisotopic (exact) mass is 330 g/mol. The first-order valence-electron chi connectivity index (χ1n) is 6.82. The van der Waals surface area contributed by atoms with Gasteiger partial charge in [-0.2, -0.15) is 4.31 Å². The van der Waals surface area contributed by atoms with Crippen LogP contribution in [-0.2, 0) is 14.8 Å². The molecule has 0 bridgehead atoms. The Kier molecular flexibility index (Phi) is 4.91. The average Bonchev–Trinajstić information content (AvgIpc) is 2.93. The second-order valence-corrected chi connectivity index (χ2v) is 7.47. The molecular formula is C14H19ClN2O3S. The molecule has 21 heavy (non-hydrogen) atoms. The molecule has 0 aliphatic carbocycles. The fourth-order valence-electron chi connectivity index (χ4n) is 2.66. The van der Waals surface area contributed by atoms with Gasteiger partial charge in [0.25, 0.3) is 0 Å². The Morgan fingerprint density at radius 2 is 1.90 bits per heavy atom. The highest BCUT2D eigenvalue weighted by Crippen LogP contribution is 2.28. The van der Waals surface area contributed by atoms with Crippen LogP contribution in [0.3, 0.4) is 0 Å². The van der Waals surface area contributed by atoms with E-state index in [1.165, 1.54) is 4.31 Å². The fraction of sp³-hybridized carbons (Fsp3) is 0.500. The molecule has 5 nitrogen and oxygen atoms in total. The Labute approximate surface area is 130 Å². The van der Waals surface area contributed by atoms with Gasteiger partial charge in [0.1, 0.15) is 12.0 Å². The van der Waals surface area contributed by atoms with Gasteiger partial charge in [-0.05, 0) is 18.1 Å². The van der Waals surface area contributed by atoms with E-state index in [1.54, 1.807) is 35.2 Å². The highest BCUT2D eigenvalue weighted by atomic mass is 35.5. The number of sulfonamides is 1. The maximum absolute atomic E-state index is 12.8. The van der Waals surface area contributed by atoms with Crippen molar-refractivity contribution in [3.63, 3.8) is 0 Å². The zero-order valence-electron chi connectivity index (χ0n) is 12.1. The first-order chi connectivity index (χ1) is 9.89. The number of hydrogen-bond acceptors (Lipinski definition) is 3. The van der Waals surface area contributed by atoms with Gasteiger partial charge in [-0.25, -0.2) is 8.42 Å². The number of benzene rings is 1. The summed E-state index contributed by atoms with van der Waals surface area (Å²) in [5, 5.41) is 0. The molecule has 0 saturated carbocycles. The van der Waals surface area contributed by atoms with Crippen LogP contribution in [0.25, 0.3) is 0 Å². The molecule has 1 amide bonds. The van der Waals surface area contributed by atoms with Gasteiger partial charge in [0.2, 0.25) is 15.9 Å². The lowest BCUT2D eigenvalue weighted by Crippen LogP contribution is -2.48. The van der Waals surface area contributed by atoms with Crippen molar-refractivity contribution >= 4 is 27.5 Å². The molecule has 0 N–H and O–H groups in total. The lowest BCUT2D eigenvalue weighted by atomic mass is 10.1. The molecule has 1 aliphatic rings. The molecule has 1 fully saturated rings. The Balaban J connectivity index is 2.37. The fourth-order valence-corrected chi connectivity index (χ4v) is 4.55. The van der Waals surface area contributed by atoms with E-state index < -0.39 is 16.2 Å². The summed E-state index contributed by atoms with van der Waals surface area (Å²) in [5.74, 6) is -0.387. The number of rotatable bonds is 4. The van der Waals surface area contributed by atoms with E-state index in [2.05, 4.69) is 0 Å². The van der Waals surface area contributed by atoms with E-state index in [0.717, 1.165) is 0 Å². The zero-order valence-corrected chi connectivity index (χ0v) is 13.6. The van der Waals surface area contributed by atoms with Crippen molar-refractivity contribution in [2.75, 3.05) is 19.0 Å². The average molecular weight is 331 g/mol. The summed E-state index contributed by atoms with van der Waals surface area (Å²) in [6, 6.07) is 8.29. The van der Waals surface area contributed by atoms with Gasteiger partial charge in [0.05, 0.1) is 4.90 Å². The molecule has 7 heteroatoms. The van der Waals surface area contributed by atoms with Crippen molar-refractivity contribution in [1.82, 2.24) is 9.21 Å². The number of nitrogens with zero attached hydrogens (tertiary/aromatic N) is 2. The van der Waals surface area contributed by atoms with Gasteiger partial charge in [0.15, 0.2) is 0 Å². The third kappa shape index (κ3) is 3.07. The minimum atomic E-state index is -3.61. The molecule has 0 radical (unpaired) electrons. The van der Waals surface area contributed by atoms with Crippen LogP contribution in [0, 0.1) is 5.92 Å². The van der Waals surface area contributed by atoms with Crippen molar-refractivity contribution in [3.8, 4) is 0 Å². The summed E-state index contributed by atoms with van der Waals surface area (Å²) >= 11 is 5.62. The van der Waals surface area contributed by atoms with Crippen molar-refractivity contribution < 1.29 is 13.2 Å². The molecule has 0 spiro atoms. The number of carbonyl (C=O) groups excluding carboxylic acids is 1. The van der Waals surface area contributed by atoms with Crippen molar-refractivity contribution in [1.29, 1.82) is 0 Å². The third-order valence-corrected chi connectivity index (χ3v) is 5.67. The minimum absolute atomic E-state index is 0.0156. The molecule has 116 valence electrons. The molecule has 1 aromatic rings. The van der Waals surface area contributed by atoms with E-state index in [4.69, 9.17) is 11.6 Å². The predicted octanol–water partition coefficient (Wildman–Crippen LogP) is 1.74. The largest absolute Gasteiger partial charge is 0.323 e. The smallest absolute Gasteiger partial charge is 0.244 e. The number of amides is 1. The normalized spacial score (nSPS) is 20.2. The predicted molar refractivity (Wildman–Crippen MR) is 81.4 cm³/mol. The number of carbonyl (C=O) groups is 1. The highest BCUT2D eigenvalue weighted by Gasteiger charge is 2.43. The van der Waals surface area contributed by atoms with E-state index in [1.807, 2.05) is 13.8 Å². The Hall–Kier alpha value is -1.11. The summed E-state index contributed by atoms with van der Waals surface area (Å²) in [4.78, 5) is 13.7. The van der Waals surface area contributed by atoms with Crippen molar-refractivity contribution in [2.24, 2.45) is 5.92 Å². The van der Waals surface area contributed by atoms with E-state index in [-0.39, 0.29) is 22.6 Å². The molecule has 1 heterocycles. The number of hydrogen-bond donors (Lipinski definition) is 0. The van der Waals surface area contributed by atoms with Crippen LogP contribution in [0.5, 0.6) is 0 Å². The van der Waals surface area contributed by atoms with Crippen molar-refractivity contribution in [2.45, 2.75) is 24.9 Å². The van der Waals surface area contributed by atoms with Gasteiger partial charge in [-0.3, -0.25) is 4.79 Å². The van der Waals surface area contributed by atoms with Gasteiger partial charge < -0.3 is 4.90 Å². The van der Waals surface area contributed by atoms with Gasteiger partial charge >= 0.3 is 0 Å². The van der Waals surface area contributed by atoms with E-state index >= 15 is 0 Å². The first-order valence-corrected chi connectivity index (χ1v) is 8.79. The van der Waals surface area contributed by atoms with Crippen LogP contribution in [0.15, 0.2) is 35.2 Å². The quantitative estimate of drug-likeness (QED) is 0.790. The SMILES string of the molecule is CC(C)[C@H]1N(C(=O)CCl)CCN1S(=O)(=O)c1ccccc1. The van der Waals surface area contributed by atoms with Gasteiger partial charge in [-0.1, -0.05) is 32.0 Å². The molecular weight excluding hydrogens is 312 g/mol. The number of halogens is 1. The summed E-state index contributed by atoms with van der Waals surface area (Å²) in [7, 11) is -3.61. The maximum Gasteiger partial charge on any atom is 0.244 e. The molecule has 1 saturated heterocycles. The van der Waals surface area contributed by atoms with Crippen LogP contribution in [-0.4, -0.2) is 48.7 Å². The molecule has 2 rings (SSSR count). The third-order valence-electron chi connectivity index (χ3n) is 3.56. The highest BCUT2D eigenvalue weighted by molar-refractivity contribution is 7.89. The summed E-state index contributed by atoms with van der Waals surface area (Å²) in [5.41, 5.74) is 0. The van der Waals surface area contributed by atoms with Crippen LogP contribution >= 0.6 is 11.6 Å². The lowest BCUT2D eigenvalue weighted by Gasteiger charge is -2.32. The molecule has 1 atom stereocenters.